The molecule has 0 radical (unpaired) electrons. The van der Waals surface area contributed by atoms with E-state index >= 15 is 0 Å². The van der Waals surface area contributed by atoms with E-state index in [0.717, 1.165) is 24.0 Å². The Morgan fingerprint density at radius 3 is 2.67 bits per heavy atom. The van der Waals surface area contributed by atoms with E-state index in [9.17, 15) is 4.79 Å². The molecule has 1 unspecified atom stereocenters. The van der Waals surface area contributed by atoms with Crippen molar-refractivity contribution in [2.24, 2.45) is 5.41 Å². The standard InChI is InChI=1S/C24H34N4O2/c1-18(9-8-10-19(2)15-23(29)27(6)30-7)11-12-21-20(3)22(13-14-24(21,4)5)28-17-25-16-26-28/h8-12,15-17,22H,13-14H2,1-7H3/b10-8+,12-11+,18-9+,19-15-. The van der Waals surface area contributed by atoms with Crippen molar-refractivity contribution in [2.45, 2.75) is 53.5 Å². The van der Waals surface area contributed by atoms with Crippen LogP contribution in [0.3, 0.4) is 0 Å². The molecule has 6 nitrogen and oxygen atoms in total. The number of carbonyl (C=O) groups is 1. The topological polar surface area (TPSA) is 60.2 Å². The first-order valence-corrected chi connectivity index (χ1v) is 10.2. The average Bonchev–Trinajstić information content (AvgIpc) is 3.21. The number of hydrogen-bond acceptors (Lipinski definition) is 4. The zero-order valence-electron chi connectivity index (χ0n) is 19.2. The fraction of sp³-hybridized carbons (Fsp3) is 0.458. The molecule has 1 aliphatic rings. The van der Waals surface area contributed by atoms with Crippen molar-refractivity contribution in [1.82, 2.24) is 19.8 Å². The Labute approximate surface area is 180 Å². The van der Waals surface area contributed by atoms with Gasteiger partial charge in [0.05, 0.1) is 13.2 Å². The summed E-state index contributed by atoms with van der Waals surface area (Å²) in [7, 11) is 3.05. The van der Waals surface area contributed by atoms with Crippen LogP contribution < -0.4 is 0 Å². The molecular formula is C24H34N4O2. The Morgan fingerprint density at radius 2 is 2.03 bits per heavy atom. The van der Waals surface area contributed by atoms with E-state index in [-0.39, 0.29) is 17.4 Å². The quantitative estimate of drug-likeness (QED) is 0.361. The van der Waals surface area contributed by atoms with Gasteiger partial charge in [0.15, 0.2) is 0 Å². The first-order chi connectivity index (χ1) is 14.2. The minimum Gasteiger partial charge on any atom is -0.274 e. The highest BCUT2D eigenvalue weighted by molar-refractivity contribution is 5.87. The van der Waals surface area contributed by atoms with Gasteiger partial charge in [-0.1, -0.05) is 49.8 Å². The first kappa shape index (κ1) is 23.5. The van der Waals surface area contributed by atoms with Gasteiger partial charge in [0.1, 0.15) is 12.7 Å². The minimum atomic E-state index is -0.191. The third-order valence-corrected chi connectivity index (χ3v) is 5.62. The first-order valence-electron chi connectivity index (χ1n) is 10.2. The molecule has 0 saturated carbocycles. The molecule has 1 aliphatic carbocycles. The molecule has 30 heavy (non-hydrogen) atoms. The van der Waals surface area contributed by atoms with E-state index in [2.05, 4.69) is 49.9 Å². The van der Waals surface area contributed by atoms with Crippen LogP contribution in [0, 0.1) is 5.41 Å². The molecule has 0 saturated heterocycles. The van der Waals surface area contributed by atoms with Crippen LogP contribution >= 0.6 is 0 Å². The van der Waals surface area contributed by atoms with Gasteiger partial charge in [0.2, 0.25) is 0 Å². The van der Waals surface area contributed by atoms with Crippen LogP contribution in [-0.4, -0.2) is 39.9 Å². The third-order valence-electron chi connectivity index (χ3n) is 5.62. The lowest BCUT2D eigenvalue weighted by Crippen LogP contribution is -2.26. The van der Waals surface area contributed by atoms with Crippen molar-refractivity contribution in [3.8, 4) is 0 Å². The van der Waals surface area contributed by atoms with E-state index in [1.165, 1.54) is 23.3 Å². The summed E-state index contributed by atoms with van der Waals surface area (Å²) in [5, 5.41) is 5.54. The summed E-state index contributed by atoms with van der Waals surface area (Å²) in [6.45, 7) is 10.8. The van der Waals surface area contributed by atoms with Crippen LogP contribution in [-0.2, 0) is 9.63 Å². The molecule has 1 aromatic rings. The molecule has 0 aromatic carbocycles. The highest BCUT2D eigenvalue weighted by Gasteiger charge is 2.32. The second kappa shape index (κ2) is 10.3. The SMILES string of the molecule is CON(C)C(=O)\C=C(C)/C=C/C=C(C)/C=C/C1=C(C)C(n2cncn2)CCC1(C)C. The highest BCUT2D eigenvalue weighted by Crippen LogP contribution is 2.45. The van der Waals surface area contributed by atoms with Crippen molar-refractivity contribution in [1.29, 1.82) is 0 Å². The molecule has 1 aromatic heterocycles. The molecule has 162 valence electrons. The zero-order chi connectivity index (χ0) is 22.3. The Bertz CT molecular complexity index is 886. The van der Waals surface area contributed by atoms with Gasteiger partial charge >= 0.3 is 0 Å². The summed E-state index contributed by atoms with van der Waals surface area (Å²) in [5.74, 6) is -0.191. The van der Waals surface area contributed by atoms with Crippen LogP contribution in [0.2, 0.25) is 0 Å². The lowest BCUT2D eigenvalue weighted by atomic mass is 9.71. The number of allylic oxidation sites excluding steroid dienone is 9. The molecule has 1 atom stereocenters. The fourth-order valence-electron chi connectivity index (χ4n) is 3.67. The monoisotopic (exact) mass is 410 g/mol. The van der Waals surface area contributed by atoms with Crippen LogP contribution in [0.25, 0.3) is 0 Å². The van der Waals surface area contributed by atoms with E-state index in [1.54, 1.807) is 25.8 Å². The van der Waals surface area contributed by atoms with E-state index < -0.39 is 0 Å². The molecule has 0 aliphatic heterocycles. The number of likely N-dealkylation sites (N-methyl/N-ethyl adjacent to an activating group) is 1. The summed E-state index contributed by atoms with van der Waals surface area (Å²) in [5.41, 5.74) is 4.82. The summed E-state index contributed by atoms with van der Waals surface area (Å²) in [6, 6.07) is 0.264. The Morgan fingerprint density at radius 1 is 1.30 bits per heavy atom. The maximum absolute atomic E-state index is 11.8. The van der Waals surface area contributed by atoms with Crippen molar-refractivity contribution < 1.29 is 9.63 Å². The van der Waals surface area contributed by atoms with Gasteiger partial charge in [-0.2, -0.15) is 5.10 Å². The maximum atomic E-state index is 11.8. The lowest BCUT2D eigenvalue weighted by Gasteiger charge is -2.37. The Hall–Kier alpha value is -2.73. The van der Waals surface area contributed by atoms with E-state index in [0.29, 0.717) is 0 Å². The molecule has 0 bridgehead atoms. The van der Waals surface area contributed by atoms with Crippen LogP contribution in [0.15, 0.2) is 71.4 Å². The second-order valence-electron chi connectivity index (χ2n) is 8.42. The molecule has 6 heteroatoms. The smallest absolute Gasteiger partial charge is 0.270 e. The normalized spacial score (nSPS) is 20.4. The van der Waals surface area contributed by atoms with Crippen molar-refractivity contribution in [2.75, 3.05) is 14.2 Å². The Kier molecular flexibility index (Phi) is 8.12. The molecule has 1 heterocycles. The lowest BCUT2D eigenvalue weighted by molar-refractivity contribution is -0.162. The maximum Gasteiger partial charge on any atom is 0.270 e. The number of aromatic nitrogens is 3. The van der Waals surface area contributed by atoms with Gasteiger partial charge in [-0.3, -0.25) is 9.63 Å². The average molecular weight is 411 g/mol. The summed E-state index contributed by atoms with van der Waals surface area (Å²) >= 11 is 0. The molecule has 2 rings (SSSR count). The van der Waals surface area contributed by atoms with Crippen molar-refractivity contribution in [3.63, 3.8) is 0 Å². The number of amides is 1. The van der Waals surface area contributed by atoms with Gasteiger partial charge in [0.25, 0.3) is 5.91 Å². The molecule has 0 fully saturated rings. The van der Waals surface area contributed by atoms with Gasteiger partial charge in [-0.05, 0) is 55.7 Å². The number of hydroxylamine groups is 2. The summed E-state index contributed by atoms with van der Waals surface area (Å²) in [6.07, 6.45) is 17.4. The van der Waals surface area contributed by atoms with E-state index in [4.69, 9.17) is 4.84 Å². The third kappa shape index (κ3) is 6.13. The predicted molar refractivity (Wildman–Crippen MR) is 120 cm³/mol. The van der Waals surface area contributed by atoms with Gasteiger partial charge in [-0.25, -0.2) is 14.7 Å². The number of hydrogen-bond donors (Lipinski definition) is 0. The van der Waals surface area contributed by atoms with Crippen LogP contribution in [0.4, 0.5) is 0 Å². The fourth-order valence-corrected chi connectivity index (χ4v) is 3.67. The van der Waals surface area contributed by atoms with Gasteiger partial charge in [0, 0.05) is 13.1 Å². The van der Waals surface area contributed by atoms with E-state index in [1.807, 2.05) is 29.8 Å². The number of nitrogens with zero attached hydrogens (tertiary/aromatic N) is 4. The van der Waals surface area contributed by atoms with Crippen LogP contribution in [0.1, 0.15) is 53.5 Å². The Balaban J connectivity index is 2.14. The molecular weight excluding hydrogens is 376 g/mol. The second-order valence-corrected chi connectivity index (χ2v) is 8.42. The summed E-state index contributed by atoms with van der Waals surface area (Å²) in [4.78, 5) is 20.8. The van der Waals surface area contributed by atoms with Crippen LogP contribution in [0.5, 0.6) is 0 Å². The highest BCUT2D eigenvalue weighted by atomic mass is 16.7. The van der Waals surface area contributed by atoms with Gasteiger partial charge < -0.3 is 0 Å². The number of carbonyl (C=O) groups excluding carboxylic acids is 1. The predicted octanol–water partition coefficient (Wildman–Crippen LogP) is 4.98. The van der Waals surface area contributed by atoms with Crippen molar-refractivity contribution >= 4 is 5.91 Å². The molecule has 1 amide bonds. The zero-order valence-corrected chi connectivity index (χ0v) is 19.2. The number of rotatable bonds is 7. The molecule has 0 N–H and O–H groups in total. The summed E-state index contributed by atoms with van der Waals surface area (Å²) < 4.78 is 1.96. The van der Waals surface area contributed by atoms with Gasteiger partial charge in [-0.15, -0.1) is 0 Å². The minimum absolute atomic E-state index is 0.126. The largest absolute Gasteiger partial charge is 0.274 e. The molecule has 0 spiro atoms. The van der Waals surface area contributed by atoms with Crippen molar-refractivity contribution in [3.05, 3.63) is 71.4 Å².